The normalized spacial score (nSPS) is 17.2. The molecule has 2 aliphatic rings. The molecule has 2 fully saturated rings. The van der Waals surface area contributed by atoms with Crippen LogP contribution in [0.1, 0.15) is 47.8 Å². The number of nitriles is 1. The Morgan fingerprint density at radius 3 is 2.26 bits per heavy atom. The van der Waals surface area contributed by atoms with Crippen molar-refractivity contribution < 1.29 is 35.5 Å². The van der Waals surface area contributed by atoms with Crippen LogP contribution in [0, 0.1) is 11.3 Å². The van der Waals surface area contributed by atoms with Crippen molar-refractivity contribution in [2.24, 2.45) is 0 Å². The lowest BCUT2D eigenvalue weighted by Crippen LogP contribution is -2.51. The molecule has 0 spiro atoms. The zero-order chi connectivity index (χ0) is 27.7. The van der Waals surface area contributed by atoms with Crippen molar-refractivity contribution in [3.63, 3.8) is 0 Å². The fourth-order valence-corrected chi connectivity index (χ4v) is 4.43. The van der Waals surface area contributed by atoms with Crippen molar-refractivity contribution in [3.05, 3.63) is 59.0 Å². The molecule has 0 bridgehead atoms. The summed E-state index contributed by atoms with van der Waals surface area (Å²) in [4.78, 5) is 12.7. The van der Waals surface area contributed by atoms with Crippen molar-refractivity contribution in [1.82, 2.24) is 19.7 Å². The van der Waals surface area contributed by atoms with E-state index < -0.39 is 41.2 Å². The van der Waals surface area contributed by atoms with Gasteiger partial charge in [0.2, 0.25) is 0 Å². The number of aromatic nitrogens is 3. The number of nitrogens with one attached hydrogen (secondary N) is 1. The zero-order valence-electron chi connectivity index (χ0n) is 19.2. The standard InChI is InChI=1S/C24H17ClF7N5O/c25-17-4-1-13(9-16(17)20(38)35-21(12-33)7-8-21)14-10-34-36(11-14)19-6-5-18(37(19)15-2-3-15)22(26,23(27,28)29)24(30,31)32/h1,4-6,9-11,15H,2-3,7-8H2,(H,35,38). The topological polar surface area (TPSA) is 75.6 Å². The maximum Gasteiger partial charge on any atom is 0.437 e. The van der Waals surface area contributed by atoms with Crippen LogP contribution in [-0.4, -0.2) is 38.1 Å². The first kappa shape index (κ1) is 26.1. The quantitative estimate of drug-likeness (QED) is 0.355. The molecule has 1 amide bonds. The maximum absolute atomic E-state index is 14.9. The number of hydrogen-bond donors (Lipinski definition) is 1. The third kappa shape index (κ3) is 4.20. The van der Waals surface area contributed by atoms with Crippen LogP contribution >= 0.6 is 11.6 Å². The van der Waals surface area contributed by atoms with E-state index in [9.17, 15) is 40.8 Å². The summed E-state index contributed by atoms with van der Waals surface area (Å²) in [6, 6.07) is 7.11. The van der Waals surface area contributed by atoms with Crippen molar-refractivity contribution >= 4 is 17.5 Å². The van der Waals surface area contributed by atoms with Crippen molar-refractivity contribution in [2.45, 2.75) is 55.3 Å². The average molecular weight is 560 g/mol. The molecule has 0 radical (unpaired) electrons. The number of benzene rings is 1. The molecule has 0 saturated heterocycles. The molecule has 2 saturated carbocycles. The summed E-state index contributed by atoms with van der Waals surface area (Å²) in [5, 5.41) is 16.0. The Hall–Kier alpha value is -3.53. The van der Waals surface area contributed by atoms with Crippen LogP contribution in [-0.2, 0) is 5.67 Å². The Kier molecular flexibility index (Phi) is 5.83. The Labute approximate surface area is 215 Å². The Morgan fingerprint density at radius 2 is 1.71 bits per heavy atom. The average Bonchev–Trinajstić information content (AvgIpc) is 3.73. The molecule has 5 rings (SSSR count). The number of halogens is 8. The van der Waals surface area contributed by atoms with E-state index in [1.165, 1.54) is 24.5 Å². The molecule has 3 aromatic rings. The van der Waals surface area contributed by atoms with Gasteiger partial charge in [-0.1, -0.05) is 17.7 Å². The highest BCUT2D eigenvalue weighted by Gasteiger charge is 2.75. The minimum Gasteiger partial charge on any atom is -0.334 e. The van der Waals surface area contributed by atoms with E-state index in [4.69, 9.17) is 11.6 Å². The molecule has 1 aromatic carbocycles. The van der Waals surface area contributed by atoms with Gasteiger partial charge in [0, 0.05) is 17.8 Å². The molecular weight excluding hydrogens is 543 g/mol. The second kappa shape index (κ2) is 8.49. The van der Waals surface area contributed by atoms with E-state index >= 15 is 0 Å². The van der Waals surface area contributed by atoms with Crippen molar-refractivity contribution in [1.29, 1.82) is 5.26 Å². The van der Waals surface area contributed by atoms with Crippen LogP contribution in [0.25, 0.3) is 16.9 Å². The third-order valence-corrected chi connectivity index (χ3v) is 6.95. The molecule has 1 N–H and O–H groups in total. The lowest BCUT2D eigenvalue weighted by molar-refractivity contribution is -0.350. The van der Waals surface area contributed by atoms with Crippen molar-refractivity contribution in [2.75, 3.05) is 0 Å². The van der Waals surface area contributed by atoms with E-state index in [-0.39, 0.29) is 29.2 Å². The summed E-state index contributed by atoms with van der Waals surface area (Å²) in [6.07, 6.45) is -8.30. The van der Waals surface area contributed by atoms with E-state index in [1.807, 2.05) is 6.07 Å². The van der Waals surface area contributed by atoms with Gasteiger partial charge in [0.15, 0.2) is 0 Å². The first-order chi connectivity index (χ1) is 17.7. The van der Waals surface area contributed by atoms with Gasteiger partial charge >= 0.3 is 18.0 Å². The van der Waals surface area contributed by atoms with E-state index in [1.54, 1.807) is 6.07 Å². The molecule has 14 heteroatoms. The summed E-state index contributed by atoms with van der Waals surface area (Å²) < 4.78 is 97.4. The summed E-state index contributed by atoms with van der Waals surface area (Å²) in [7, 11) is 0. The van der Waals surface area contributed by atoms with Crippen LogP contribution in [0.15, 0.2) is 42.7 Å². The van der Waals surface area contributed by atoms with Crippen LogP contribution in [0.5, 0.6) is 0 Å². The molecule has 0 unspecified atom stereocenters. The number of rotatable bonds is 6. The predicted molar refractivity (Wildman–Crippen MR) is 120 cm³/mol. The second-order valence-electron chi connectivity index (χ2n) is 9.35. The van der Waals surface area contributed by atoms with E-state index in [2.05, 4.69) is 10.4 Å². The van der Waals surface area contributed by atoms with Gasteiger partial charge < -0.3 is 9.88 Å². The van der Waals surface area contributed by atoms with Gasteiger partial charge in [0.1, 0.15) is 11.4 Å². The molecule has 0 atom stereocenters. The highest BCUT2D eigenvalue weighted by atomic mass is 35.5. The summed E-state index contributed by atoms with van der Waals surface area (Å²) >= 11 is 6.17. The predicted octanol–water partition coefficient (Wildman–Crippen LogP) is 6.40. The number of carbonyl (C=O) groups excluding carboxylic acids is 1. The molecule has 2 aromatic heterocycles. The fraction of sp³-hybridized carbons (Fsp3) is 0.375. The largest absolute Gasteiger partial charge is 0.437 e. The smallest absolute Gasteiger partial charge is 0.334 e. The van der Waals surface area contributed by atoms with Crippen molar-refractivity contribution in [3.8, 4) is 23.0 Å². The monoisotopic (exact) mass is 559 g/mol. The summed E-state index contributed by atoms with van der Waals surface area (Å²) in [5.74, 6) is -0.755. The summed E-state index contributed by atoms with van der Waals surface area (Å²) in [6.45, 7) is 0. The first-order valence-electron chi connectivity index (χ1n) is 11.3. The maximum atomic E-state index is 14.9. The number of nitrogens with zero attached hydrogens (tertiary/aromatic N) is 4. The highest BCUT2D eigenvalue weighted by Crippen LogP contribution is 2.55. The molecule has 6 nitrogen and oxygen atoms in total. The first-order valence-corrected chi connectivity index (χ1v) is 11.7. The van der Waals surface area contributed by atoms with Crippen LogP contribution in [0.2, 0.25) is 5.02 Å². The fourth-order valence-electron chi connectivity index (χ4n) is 4.22. The number of alkyl halides is 7. The zero-order valence-corrected chi connectivity index (χ0v) is 19.9. The number of carbonyl (C=O) groups is 1. The minimum absolute atomic E-state index is 0.0691. The SMILES string of the molecule is N#CC1(NC(=O)c2cc(-c3cnn(-c4ccc(C(F)(C(F)(F)F)C(F)(F)F)n4C4CC4)c3)ccc2Cl)CC1. The van der Waals surface area contributed by atoms with Gasteiger partial charge in [0.05, 0.1) is 28.5 Å². The van der Waals surface area contributed by atoms with Gasteiger partial charge in [-0.2, -0.15) is 36.7 Å². The number of amides is 1. The molecular formula is C24H17ClF7N5O. The molecule has 2 aliphatic carbocycles. The van der Waals surface area contributed by atoms with E-state index in [0.717, 1.165) is 10.7 Å². The Balaban J connectivity index is 1.52. The molecule has 0 aliphatic heterocycles. The van der Waals surface area contributed by atoms with Gasteiger partial charge in [-0.05, 0) is 55.5 Å². The second-order valence-corrected chi connectivity index (χ2v) is 9.76. The molecule has 2 heterocycles. The van der Waals surface area contributed by atoms with Crippen LogP contribution in [0.3, 0.4) is 0 Å². The Bertz CT molecular complexity index is 1440. The Morgan fingerprint density at radius 1 is 1.05 bits per heavy atom. The third-order valence-electron chi connectivity index (χ3n) is 6.62. The molecule has 200 valence electrons. The highest BCUT2D eigenvalue weighted by molar-refractivity contribution is 6.34. The number of hydrogen-bond acceptors (Lipinski definition) is 3. The van der Waals surface area contributed by atoms with Gasteiger partial charge in [-0.25, -0.2) is 9.07 Å². The lowest BCUT2D eigenvalue weighted by Gasteiger charge is -2.31. The lowest BCUT2D eigenvalue weighted by atomic mass is 10.0. The van der Waals surface area contributed by atoms with Gasteiger partial charge in [-0.15, -0.1) is 0 Å². The molecule has 38 heavy (non-hydrogen) atoms. The summed E-state index contributed by atoms with van der Waals surface area (Å²) in [5.41, 5.74) is -7.23. The van der Waals surface area contributed by atoms with Gasteiger partial charge in [0.25, 0.3) is 5.91 Å². The minimum atomic E-state index is -6.24. The van der Waals surface area contributed by atoms with Crippen LogP contribution < -0.4 is 5.32 Å². The van der Waals surface area contributed by atoms with Gasteiger partial charge in [-0.3, -0.25) is 4.79 Å². The van der Waals surface area contributed by atoms with E-state index in [0.29, 0.717) is 34.6 Å². The van der Waals surface area contributed by atoms with Crippen LogP contribution in [0.4, 0.5) is 30.7 Å².